The van der Waals surface area contributed by atoms with Crippen molar-refractivity contribution in [3.05, 3.63) is 35.4 Å². The second kappa shape index (κ2) is 5.19. The van der Waals surface area contributed by atoms with Gasteiger partial charge in [0.2, 0.25) is 5.91 Å². The summed E-state index contributed by atoms with van der Waals surface area (Å²) in [4.78, 5) is 24.1. The van der Waals surface area contributed by atoms with E-state index in [2.05, 4.69) is 0 Å². The molecule has 20 heavy (non-hydrogen) atoms. The molecule has 0 spiro atoms. The highest BCUT2D eigenvalue weighted by Gasteiger charge is 2.47. The van der Waals surface area contributed by atoms with Crippen LogP contribution >= 0.6 is 0 Å². The van der Waals surface area contributed by atoms with E-state index < -0.39 is 29.6 Å². The first-order chi connectivity index (χ1) is 9.32. The first-order valence-electron chi connectivity index (χ1n) is 6.27. The third-order valence-corrected chi connectivity index (χ3v) is 3.76. The number of carbonyl (C=O) groups excluding carboxylic acids is 1. The van der Waals surface area contributed by atoms with Crippen molar-refractivity contribution >= 4 is 11.9 Å². The number of benzene rings is 1. The fourth-order valence-electron chi connectivity index (χ4n) is 2.23. The van der Waals surface area contributed by atoms with Gasteiger partial charge in [-0.2, -0.15) is 0 Å². The van der Waals surface area contributed by atoms with Crippen LogP contribution in [0.15, 0.2) is 18.2 Å². The molecule has 6 heteroatoms. The molecule has 0 aliphatic heterocycles. The maximum absolute atomic E-state index is 13.6. The van der Waals surface area contributed by atoms with E-state index in [9.17, 15) is 18.4 Å². The van der Waals surface area contributed by atoms with Crippen LogP contribution in [-0.2, 0) is 9.59 Å². The Labute approximate surface area is 115 Å². The van der Waals surface area contributed by atoms with Gasteiger partial charge < -0.3 is 10.0 Å². The molecule has 108 valence electrons. The Balaban J connectivity index is 2.08. The van der Waals surface area contributed by atoms with Crippen molar-refractivity contribution in [2.24, 2.45) is 5.92 Å². The van der Waals surface area contributed by atoms with E-state index in [0.29, 0.717) is 12.0 Å². The van der Waals surface area contributed by atoms with Crippen LogP contribution in [0.2, 0.25) is 0 Å². The van der Waals surface area contributed by atoms with Gasteiger partial charge in [0.15, 0.2) is 0 Å². The van der Waals surface area contributed by atoms with Crippen LogP contribution in [0.4, 0.5) is 8.78 Å². The van der Waals surface area contributed by atoms with Crippen LogP contribution in [0, 0.1) is 17.6 Å². The van der Waals surface area contributed by atoms with E-state index in [-0.39, 0.29) is 11.8 Å². The van der Waals surface area contributed by atoms with Crippen molar-refractivity contribution in [1.82, 2.24) is 4.90 Å². The minimum atomic E-state index is -1.09. The molecule has 0 saturated heterocycles. The van der Waals surface area contributed by atoms with Gasteiger partial charge in [-0.25, -0.2) is 13.6 Å². The van der Waals surface area contributed by atoms with Crippen LogP contribution in [0.3, 0.4) is 0 Å². The first kappa shape index (κ1) is 14.4. The molecule has 1 aliphatic carbocycles. The van der Waals surface area contributed by atoms with Crippen LogP contribution in [0.5, 0.6) is 0 Å². The summed E-state index contributed by atoms with van der Waals surface area (Å²) in [6, 6.07) is 2.35. The summed E-state index contributed by atoms with van der Waals surface area (Å²) in [6.07, 6.45) is 0.456. The number of carboxylic acids is 1. The Morgan fingerprint density at radius 1 is 1.40 bits per heavy atom. The number of hydrogen-bond acceptors (Lipinski definition) is 2. The summed E-state index contributed by atoms with van der Waals surface area (Å²) >= 11 is 0. The molecule has 0 bridgehead atoms. The summed E-state index contributed by atoms with van der Waals surface area (Å²) in [6.45, 7) is 1.41. The third kappa shape index (κ3) is 2.64. The van der Waals surface area contributed by atoms with E-state index in [1.807, 2.05) is 0 Å². The number of carbonyl (C=O) groups is 2. The standard InChI is InChI=1S/C14H15F2NO3/c1-7(14(19)20)17(2)13(18)11-6-10(11)9-4-3-8(15)5-12(9)16/h3-5,7,10-11H,6H2,1-2H3,(H,19,20)/t7-,10-,11-/m1/s1. The molecule has 4 nitrogen and oxygen atoms in total. The number of rotatable bonds is 4. The second-order valence-electron chi connectivity index (χ2n) is 5.08. The Kier molecular flexibility index (Phi) is 3.74. The zero-order valence-electron chi connectivity index (χ0n) is 11.1. The molecule has 1 amide bonds. The van der Waals surface area contributed by atoms with Gasteiger partial charge in [-0.1, -0.05) is 6.07 Å². The van der Waals surface area contributed by atoms with Crippen LogP contribution in [-0.4, -0.2) is 35.0 Å². The average molecular weight is 283 g/mol. The molecule has 1 aliphatic rings. The molecule has 1 aromatic carbocycles. The normalized spacial score (nSPS) is 22.2. The molecule has 0 aromatic heterocycles. The molecule has 0 heterocycles. The molecular weight excluding hydrogens is 268 g/mol. The monoisotopic (exact) mass is 283 g/mol. The van der Waals surface area contributed by atoms with Crippen molar-refractivity contribution in [2.45, 2.75) is 25.3 Å². The molecule has 0 radical (unpaired) electrons. The SMILES string of the molecule is C[C@H](C(=O)O)N(C)C(=O)[C@@H]1C[C@@H]1c1ccc(F)cc1F. The van der Waals surface area contributed by atoms with Gasteiger partial charge in [0.1, 0.15) is 17.7 Å². The van der Waals surface area contributed by atoms with Gasteiger partial charge in [-0.05, 0) is 30.9 Å². The topological polar surface area (TPSA) is 57.6 Å². The summed E-state index contributed by atoms with van der Waals surface area (Å²) in [5, 5.41) is 8.87. The largest absolute Gasteiger partial charge is 0.480 e. The van der Waals surface area contributed by atoms with Crippen LogP contribution in [0.25, 0.3) is 0 Å². The predicted molar refractivity (Wildman–Crippen MR) is 67.1 cm³/mol. The molecule has 1 saturated carbocycles. The number of carboxylic acid groups (broad SMARTS) is 1. The van der Waals surface area contributed by atoms with Crippen molar-refractivity contribution < 1.29 is 23.5 Å². The molecule has 3 atom stereocenters. The van der Waals surface area contributed by atoms with Crippen molar-refractivity contribution in [3.8, 4) is 0 Å². The number of hydrogen-bond donors (Lipinski definition) is 1. The highest BCUT2D eigenvalue weighted by Crippen LogP contribution is 2.49. The molecule has 1 fully saturated rings. The zero-order chi connectivity index (χ0) is 15.0. The highest BCUT2D eigenvalue weighted by atomic mass is 19.1. The van der Waals surface area contributed by atoms with E-state index in [1.165, 1.54) is 20.0 Å². The first-order valence-corrected chi connectivity index (χ1v) is 6.27. The predicted octanol–water partition coefficient (Wildman–Crippen LogP) is 2.00. The number of nitrogens with zero attached hydrogens (tertiary/aromatic N) is 1. The highest BCUT2D eigenvalue weighted by molar-refractivity contribution is 5.87. The van der Waals surface area contributed by atoms with E-state index >= 15 is 0 Å². The minimum absolute atomic E-state index is 0.299. The molecule has 1 N–H and O–H groups in total. The number of halogens is 2. The van der Waals surface area contributed by atoms with Crippen LogP contribution < -0.4 is 0 Å². The average Bonchev–Trinajstić information content (AvgIpc) is 3.16. The van der Waals surface area contributed by atoms with E-state index in [4.69, 9.17) is 5.11 Å². The van der Waals surface area contributed by atoms with Gasteiger partial charge in [0, 0.05) is 19.0 Å². The Morgan fingerprint density at radius 3 is 2.60 bits per heavy atom. The summed E-state index contributed by atoms with van der Waals surface area (Å²) < 4.78 is 26.4. The van der Waals surface area contributed by atoms with Crippen molar-refractivity contribution in [2.75, 3.05) is 7.05 Å². The molecule has 0 unspecified atom stereocenters. The smallest absolute Gasteiger partial charge is 0.326 e. The van der Waals surface area contributed by atoms with Crippen molar-refractivity contribution in [3.63, 3.8) is 0 Å². The molecule has 2 rings (SSSR count). The maximum Gasteiger partial charge on any atom is 0.326 e. The Morgan fingerprint density at radius 2 is 2.05 bits per heavy atom. The molecular formula is C14H15F2NO3. The molecule has 1 aromatic rings. The fourth-order valence-corrected chi connectivity index (χ4v) is 2.23. The lowest BCUT2D eigenvalue weighted by Gasteiger charge is -2.21. The quantitative estimate of drug-likeness (QED) is 0.919. The van der Waals surface area contributed by atoms with Gasteiger partial charge in [0.05, 0.1) is 0 Å². The van der Waals surface area contributed by atoms with E-state index in [1.54, 1.807) is 0 Å². The lowest BCUT2D eigenvalue weighted by Crippen LogP contribution is -2.41. The zero-order valence-corrected chi connectivity index (χ0v) is 11.1. The van der Waals surface area contributed by atoms with Gasteiger partial charge >= 0.3 is 5.97 Å². The second-order valence-corrected chi connectivity index (χ2v) is 5.08. The summed E-state index contributed by atoms with van der Waals surface area (Å²) in [7, 11) is 1.41. The number of amides is 1. The fraction of sp³-hybridized carbons (Fsp3) is 0.429. The lowest BCUT2D eigenvalue weighted by atomic mass is 10.1. The summed E-state index contributed by atoms with van der Waals surface area (Å²) in [5.41, 5.74) is 0.307. The number of aliphatic carboxylic acids is 1. The Bertz CT molecular complexity index is 561. The Hall–Kier alpha value is -1.98. The maximum atomic E-state index is 13.6. The van der Waals surface area contributed by atoms with Gasteiger partial charge in [-0.15, -0.1) is 0 Å². The summed E-state index contributed by atoms with van der Waals surface area (Å²) in [5.74, 6) is -3.47. The van der Waals surface area contributed by atoms with Gasteiger partial charge in [-0.3, -0.25) is 4.79 Å². The lowest BCUT2D eigenvalue weighted by molar-refractivity contribution is -0.148. The van der Waals surface area contributed by atoms with Crippen LogP contribution in [0.1, 0.15) is 24.8 Å². The van der Waals surface area contributed by atoms with E-state index in [0.717, 1.165) is 17.0 Å². The van der Waals surface area contributed by atoms with Gasteiger partial charge in [0.25, 0.3) is 0 Å². The van der Waals surface area contributed by atoms with Crippen molar-refractivity contribution in [1.29, 1.82) is 0 Å². The number of likely N-dealkylation sites (N-methyl/N-ethyl adjacent to an activating group) is 1. The third-order valence-electron chi connectivity index (χ3n) is 3.76. The minimum Gasteiger partial charge on any atom is -0.480 e.